The van der Waals surface area contributed by atoms with E-state index in [1.54, 1.807) is 13.0 Å². The summed E-state index contributed by atoms with van der Waals surface area (Å²) in [6.45, 7) is 1.85. The number of nitrogens with zero attached hydrogens (tertiary/aromatic N) is 2. The zero-order chi connectivity index (χ0) is 20.2. The molecule has 0 saturated heterocycles. The maximum absolute atomic E-state index is 13.0. The van der Waals surface area contributed by atoms with Crippen molar-refractivity contribution in [2.75, 3.05) is 20.2 Å². The number of ether oxygens (including phenoxy) is 1. The molecule has 0 N–H and O–H groups in total. The van der Waals surface area contributed by atoms with Gasteiger partial charge in [-0.05, 0) is 12.5 Å². The molecule has 27 heavy (non-hydrogen) atoms. The second-order valence-corrected chi connectivity index (χ2v) is 5.71. The summed E-state index contributed by atoms with van der Waals surface area (Å²) in [5.41, 5.74) is -1.23. The Labute approximate surface area is 153 Å². The quantitative estimate of drug-likeness (QED) is 0.429. The van der Waals surface area contributed by atoms with E-state index in [2.05, 4.69) is 9.73 Å². The predicted octanol–water partition coefficient (Wildman–Crippen LogP) is 2.33. The molecule has 0 spiro atoms. The third-order valence-corrected chi connectivity index (χ3v) is 3.92. The number of Topliss-reactive ketones (excluding diaryl/α,β-unsaturated/α-hetero) is 2. The summed E-state index contributed by atoms with van der Waals surface area (Å²) in [6.07, 6.45) is -4.18. The minimum atomic E-state index is -4.68. The van der Waals surface area contributed by atoms with E-state index in [9.17, 15) is 27.6 Å². The number of hydrogen-bond acceptors (Lipinski definition) is 6. The molecule has 9 heteroatoms. The predicted molar refractivity (Wildman–Crippen MR) is 90.3 cm³/mol. The monoisotopic (exact) mass is 382 g/mol. The largest absolute Gasteiger partial charge is 0.463 e. The number of esters is 1. The zero-order valence-electron chi connectivity index (χ0n) is 14.7. The van der Waals surface area contributed by atoms with Crippen molar-refractivity contribution >= 4 is 23.2 Å². The summed E-state index contributed by atoms with van der Waals surface area (Å²) in [5.74, 6) is -2.68. The fraction of sp³-hybridized carbons (Fsp3) is 0.333. The highest BCUT2D eigenvalue weighted by Crippen LogP contribution is 2.29. The maximum atomic E-state index is 13.0. The van der Waals surface area contributed by atoms with Gasteiger partial charge in [-0.3, -0.25) is 9.59 Å². The normalized spacial score (nSPS) is 14.3. The molecule has 1 heterocycles. The average molecular weight is 382 g/mol. The highest BCUT2D eigenvalue weighted by Gasteiger charge is 2.37. The molecule has 6 nitrogen and oxygen atoms in total. The highest BCUT2D eigenvalue weighted by molar-refractivity contribution is 6.43. The summed E-state index contributed by atoms with van der Waals surface area (Å²) in [5, 5.41) is 0. The smallest absolute Gasteiger partial charge is 0.434 e. The molecule has 0 amide bonds. The second kappa shape index (κ2) is 8.15. The minimum absolute atomic E-state index is 0.0342. The third kappa shape index (κ3) is 4.81. The summed E-state index contributed by atoms with van der Waals surface area (Å²) in [7, 11) is 1.05. The van der Waals surface area contributed by atoms with Crippen LogP contribution >= 0.6 is 0 Å². The standard InChI is InChI=1S/C18H17F3N2O4/c1-3-23-9-13(22-15(10-23)18(19,20)21)14(24)8-11-6-4-5-7-12(11)16(25)17(26)27-2/h4-7,10H,3,8-9H2,1-2H3. The Morgan fingerprint density at radius 3 is 2.48 bits per heavy atom. The Bertz CT molecular complexity index is 828. The summed E-state index contributed by atoms with van der Waals surface area (Å²) in [4.78, 5) is 40.8. The molecule has 0 atom stereocenters. The van der Waals surface area contributed by atoms with Crippen LogP contribution in [0.2, 0.25) is 0 Å². The molecule has 0 aromatic heterocycles. The first-order valence-corrected chi connectivity index (χ1v) is 8.01. The molecule has 144 valence electrons. The molecular formula is C18H17F3N2O4. The number of carbonyl (C=O) groups excluding carboxylic acids is 3. The Hall–Kier alpha value is -2.97. The number of hydrogen-bond donors (Lipinski definition) is 0. The molecule has 1 aliphatic heterocycles. The molecule has 1 aromatic carbocycles. The van der Waals surface area contributed by atoms with Gasteiger partial charge in [0.15, 0.2) is 11.5 Å². The number of rotatable bonds is 6. The molecule has 0 saturated carbocycles. The first kappa shape index (κ1) is 20.3. The van der Waals surface area contributed by atoms with E-state index < -0.39 is 29.4 Å². The molecule has 0 bridgehead atoms. The van der Waals surface area contributed by atoms with Gasteiger partial charge in [0, 0.05) is 24.7 Å². The molecule has 0 unspecified atom stereocenters. The van der Waals surface area contributed by atoms with Crippen molar-refractivity contribution in [3.8, 4) is 0 Å². The molecule has 0 aliphatic carbocycles. The van der Waals surface area contributed by atoms with Gasteiger partial charge >= 0.3 is 12.1 Å². The molecule has 1 aliphatic rings. The van der Waals surface area contributed by atoms with Crippen molar-refractivity contribution in [1.82, 2.24) is 4.90 Å². The number of benzene rings is 1. The van der Waals surface area contributed by atoms with Crippen molar-refractivity contribution in [2.24, 2.45) is 4.99 Å². The first-order valence-electron chi connectivity index (χ1n) is 8.01. The van der Waals surface area contributed by atoms with E-state index in [0.717, 1.165) is 13.3 Å². The van der Waals surface area contributed by atoms with Crippen LogP contribution in [0.1, 0.15) is 22.8 Å². The van der Waals surface area contributed by atoms with Gasteiger partial charge in [0.25, 0.3) is 5.78 Å². The van der Waals surface area contributed by atoms with Crippen LogP contribution in [-0.4, -0.2) is 54.5 Å². The zero-order valence-corrected chi connectivity index (χ0v) is 14.7. The van der Waals surface area contributed by atoms with E-state index >= 15 is 0 Å². The van der Waals surface area contributed by atoms with E-state index in [1.807, 2.05) is 0 Å². The van der Waals surface area contributed by atoms with Gasteiger partial charge in [0.05, 0.1) is 13.7 Å². The molecule has 0 radical (unpaired) electrons. The van der Waals surface area contributed by atoms with E-state index in [-0.39, 0.29) is 36.3 Å². The number of halogens is 3. The first-order chi connectivity index (χ1) is 12.7. The van der Waals surface area contributed by atoms with Crippen LogP contribution in [0.25, 0.3) is 0 Å². The summed E-state index contributed by atoms with van der Waals surface area (Å²) >= 11 is 0. The lowest BCUT2D eigenvalue weighted by Gasteiger charge is -2.25. The van der Waals surface area contributed by atoms with Crippen molar-refractivity contribution in [2.45, 2.75) is 19.5 Å². The average Bonchev–Trinajstić information content (AvgIpc) is 2.66. The number of carbonyl (C=O) groups is 3. The van der Waals surface area contributed by atoms with Crippen LogP contribution in [0.3, 0.4) is 0 Å². The molecule has 0 fully saturated rings. The Balaban J connectivity index is 2.30. The van der Waals surface area contributed by atoms with Crippen LogP contribution in [0.4, 0.5) is 13.2 Å². The van der Waals surface area contributed by atoms with Gasteiger partial charge in [0.2, 0.25) is 0 Å². The summed E-state index contributed by atoms with van der Waals surface area (Å²) in [6, 6.07) is 5.86. The van der Waals surface area contributed by atoms with Crippen molar-refractivity contribution in [3.05, 3.63) is 47.3 Å². The van der Waals surface area contributed by atoms with Crippen molar-refractivity contribution in [1.29, 1.82) is 0 Å². The molecule has 1 aromatic rings. The van der Waals surface area contributed by atoms with Crippen LogP contribution in [-0.2, 0) is 20.7 Å². The van der Waals surface area contributed by atoms with Crippen LogP contribution < -0.4 is 0 Å². The number of methoxy groups -OCH3 is 1. The van der Waals surface area contributed by atoms with Gasteiger partial charge in [-0.2, -0.15) is 13.2 Å². The number of ketones is 2. The van der Waals surface area contributed by atoms with Gasteiger partial charge in [-0.15, -0.1) is 0 Å². The van der Waals surface area contributed by atoms with Gasteiger partial charge < -0.3 is 9.64 Å². The number of alkyl halides is 3. The maximum Gasteiger partial charge on any atom is 0.434 e. The summed E-state index contributed by atoms with van der Waals surface area (Å²) < 4.78 is 43.4. The van der Waals surface area contributed by atoms with Crippen molar-refractivity contribution < 1.29 is 32.3 Å². The fourth-order valence-electron chi connectivity index (χ4n) is 2.48. The SMILES string of the molecule is CCN1C=C(C(F)(F)F)N=C(C(=O)Cc2ccccc2C(=O)C(=O)OC)C1. The minimum Gasteiger partial charge on any atom is -0.463 e. The van der Waals surface area contributed by atoms with Crippen LogP contribution in [0.5, 0.6) is 0 Å². The van der Waals surface area contributed by atoms with Gasteiger partial charge in [-0.1, -0.05) is 24.3 Å². The Kier molecular flexibility index (Phi) is 6.14. The van der Waals surface area contributed by atoms with Crippen LogP contribution in [0.15, 0.2) is 41.2 Å². The molecule has 2 rings (SSSR count). The van der Waals surface area contributed by atoms with E-state index in [0.29, 0.717) is 0 Å². The highest BCUT2D eigenvalue weighted by atomic mass is 19.4. The molecular weight excluding hydrogens is 365 g/mol. The second-order valence-electron chi connectivity index (χ2n) is 5.71. The van der Waals surface area contributed by atoms with E-state index in [1.165, 1.54) is 23.1 Å². The lowest BCUT2D eigenvalue weighted by molar-refractivity contribution is -0.135. The van der Waals surface area contributed by atoms with Gasteiger partial charge in [0.1, 0.15) is 5.71 Å². The fourth-order valence-corrected chi connectivity index (χ4v) is 2.48. The lowest BCUT2D eigenvalue weighted by atomic mass is 9.97. The van der Waals surface area contributed by atoms with Crippen molar-refractivity contribution in [3.63, 3.8) is 0 Å². The Morgan fingerprint density at radius 2 is 1.89 bits per heavy atom. The van der Waals surface area contributed by atoms with Gasteiger partial charge in [-0.25, -0.2) is 9.79 Å². The Morgan fingerprint density at radius 1 is 1.22 bits per heavy atom. The van der Waals surface area contributed by atoms with E-state index in [4.69, 9.17) is 0 Å². The number of aliphatic imine (C=N–C) groups is 1. The van der Waals surface area contributed by atoms with Crippen LogP contribution in [0, 0.1) is 0 Å². The lowest BCUT2D eigenvalue weighted by Crippen LogP contribution is -2.36. The third-order valence-electron chi connectivity index (χ3n) is 3.92. The number of allylic oxidation sites excluding steroid dienone is 1. The topological polar surface area (TPSA) is 76.0 Å².